The number of carboxylic acid groups (broad SMARTS) is 3. The average molecular weight is 1800 g/mol. The summed E-state index contributed by atoms with van der Waals surface area (Å²) in [4.78, 5) is 128. The Balaban J connectivity index is 0.0000163. The van der Waals surface area contributed by atoms with Crippen molar-refractivity contribution in [2.24, 2.45) is 5.92 Å². The molecule has 4 atom stereocenters. The number of rotatable bonds is 53. The number of hydrogen-bond donors (Lipinski definition) is 5. The SMILES string of the molecule is C.CCc1cnc(N(CC)CC)nc1N[C@@H](Cc1ccc(-n2c(=O)n(CCOCCOCC(COCCOCCn3c(=O)n(-c4ccc(C[C@H](Cc5nc(N(CC)CC)ncc5CC(F)(F)F)C(=O)O)cc4)c4ncccc43)OCCOCCn3c(=O)n(-c4ccc(C[C@H](Nc5nc(N(CC)CC)ncc5CC)C(=O)O)cc4)c4ncccc43)c3cccnc32)cc1)C(=O)O. The highest BCUT2D eigenvalue weighted by atomic mass is 19.4. The van der Waals surface area contributed by atoms with Crippen LogP contribution in [0.15, 0.2) is 161 Å². The maximum absolute atomic E-state index is 14.4. The molecule has 0 radical (unpaired) electrons. The molecule has 694 valence electrons. The summed E-state index contributed by atoms with van der Waals surface area (Å²) in [6, 6.07) is 29.4. The van der Waals surface area contributed by atoms with Crippen LogP contribution in [-0.4, -0.2) is 242 Å². The Morgan fingerprint density at radius 2 is 0.754 bits per heavy atom. The normalized spacial score (nSPS) is 12.6. The molecule has 0 saturated heterocycles. The third-order valence-electron chi connectivity index (χ3n) is 22.3. The van der Waals surface area contributed by atoms with Gasteiger partial charge in [-0.15, -0.1) is 0 Å². The molecule has 0 aliphatic heterocycles. The zero-order chi connectivity index (χ0) is 91.7. The van der Waals surface area contributed by atoms with E-state index in [-0.39, 0.29) is 154 Å². The van der Waals surface area contributed by atoms with Gasteiger partial charge in [0.05, 0.1) is 144 Å². The van der Waals surface area contributed by atoms with Crippen molar-refractivity contribution in [1.29, 1.82) is 0 Å². The van der Waals surface area contributed by atoms with Gasteiger partial charge in [-0.25, -0.2) is 72.6 Å². The van der Waals surface area contributed by atoms with Gasteiger partial charge < -0.3 is 69.1 Å². The highest BCUT2D eigenvalue weighted by Gasteiger charge is 2.33. The van der Waals surface area contributed by atoms with Gasteiger partial charge in [-0.1, -0.05) is 57.7 Å². The number of nitrogens with one attached hydrogen (secondary N) is 2. The Labute approximate surface area is 749 Å². The Kier molecular flexibility index (Phi) is 35.3. The summed E-state index contributed by atoms with van der Waals surface area (Å²) in [7, 11) is 0. The molecule has 0 amide bonds. The molecule has 0 spiro atoms. The fraction of sp³-hybridized carbons (Fsp3) is 0.446. The number of aryl methyl sites for hydroxylation is 2. The molecule has 12 aromatic rings. The number of halogens is 3. The van der Waals surface area contributed by atoms with Crippen molar-refractivity contribution in [3.8, 4) is 17.1 Å². The quantitative estimate of drug-likeness (QED) is 0.0221. The molecule has 38 heteroatoms. The summed E-state index contributed by atoms with van der Waals surface area (Å²) in [5, 5.41) is 37.5. The maximum Gasteiger partial charge on any atom is 0.393 e. The summed E-state index contributed by atoms with van der Waals surface area (Å²) < 4.78 is 87.1. The van der Waals surface area contributed by atoms with E-state index < -0.39 is 60.3 Å². The molecule has 130 heavy (non-hydrogen) atoms. The number of fused-ring (bicyclic) bond motifs is 3. The number of carbonyl (C=O) groups is 3. The average Bonchev–Trinajstić information content (AvgIpc) is 1.62. The number of hydrogen-bond acceptors (Lipinski definition) is 26. The Morgan fingerprint density at radius 1 is 0.415 bits per heavy atom. The van der Waals surface area contributed by atoms with Crippen LogP contribution in [0.4, 0.5) is 42.7 Å². The van der Waals surface area contributed by atoms with E-state index in [0.717, 1.165) is 17.3 Å². The van der Waals surface area contributed by atoms with Crippen LogP contribution in [0.5, 0.6) is 0 Å². The van der Waals surface area contributed by atoms with E-state index in [2.05, 4.69) is 45.5 Å². The molecule has 0 aliphatic carbocycles. The van der Waals surface area contributed by atoms with E-state index in [9.17, 15) is 57.3 Å². The van der Waals surface area contributed by atoms with Gasteiger partial charge in [0.25, 0.3) is 0 Å². The first-order valence-corrected chi connectivity index (χ1v) is 43.6. The zero-order valence-electron chi connectivity index (χ0n) is 73.7. The van der Waals surface area contributed by atoms with E-state index in [1.165, 1.54) is 18.3 Å². The zero-order valence-corrected chi connectivity index (χ0v) is 73.7. The molecule has 0 saturated carbocycles. The lowest BCUT2D eigenvalue weighted by molar-refractivity contribution is -0.142. The fourth-order valence-corrected chi connectivity index (χ4v) is 15.3. The lowest BCUT2D eigenvalue weighted by Crippen LogP contribution is -2.33. The van der Waals surface area contributed by atoms with Gasteiger partial charge in [0.15, 0.2) is 16.9 Å². The number of pyridine rings is 3. The molecule has 0 fully saturated rings. The van der Waals surface area contributed by atoms with Crippen molar-refractivity contribution in [2.45, 2.75) is 152 Å². The van der Waals surface area contributed by atoms with Gasteiger partial charge in [-0.3, -0.25) is 18.5 Å². The molecule has 35 nitrogen and oxygen atoms in total. The first kappa shape index (κ1) is 97.7. The summed E-state index contributed by atoms with van der Waals surface area (Å²) in [6.07, 6.45) is 3.93. The third kappa shape index (κ3) is 24.6. The highest BCUT2D eigenvalue weighted by Crippen LogP contribution is 2.30. The van der Waals surface area contributed by atoms with Crippen LogP contribution in [0.25, 0.3) is 50.6 Å². The number of benzene rings is 3. The lowest BCUT2D eigenvalue weighted by atomic mass is 9.92. The topological polar surface area (TPSA) is 398 Å². The van der Waals surface area contributed by atoms with Crippen molar-refractivity contribution in [3.63, 3.8) is 0 Å². The second kappa shape index (κ2) is 46.9. The molecule has 9 aromatic heterocycles. The lowest BCUT2D eigenvalue weighted by Gasteiger charge is -2.22. The standard InChI is InChI=1S/C91H111F3N20O15.CH4/c1-9-63-55-98-86(107(13-5)14-6)104-77(63)101-72(83(117)118)51-61-25-31-68(32-26-61)113-80-75(21-18-36-96-80)110(89(113)122)39-42-125-45-47-128-59-70(129-49-48-126-43-40-111-76-22-19-37-97-81(76)114(90(111)123)69-33-27-62(28-34-69)52-73(84(119)120)102-78-64(10-2)56-99-87(105-78)108(15-7)16-8)58-127-46-44-124-41-38-109-74-20-17-35-95-79(74)112(88(109)121)67-29-23-60(24-30-67)50-65(82(115)116)53-71-66(54-91(92,93)94)57-100-85(103-71)106(11-3)12-4;/h17-37,55-57,65,70,72-73H,9-16,38-54,58-59H2,1-8H3,(H,115,116)(H,117,118)(H,119,120)(H,98,101,104)(H,99,102,105);1H4/t65-,70?,72+,73+;/m1./s1. The molecule has 0 bridgehead atoms. The van der Waals surface area contributed by atoms with Gasteiger partial charge >= 0.3 is 41.2 Å². The van der Waals surface area contributed by atoms with E-state index >= 15 is 0 Å². The van der Waals surface area contributed by atoms with Crippen LogP contribution in [-0.2, 0) is 107 Å². The summed E-state index contributed by atoms with van der Waals surface area (Å²) in [5.41, 5.74) is 6.61. The number of imidazole rings is 3. The second-order valence-corrected chi connectivity index (χ2v) is 30.5. The van der Waals surface area contributed by atoms with E-state index in [1.807, 2.05) is 65.2 Å². The Morgan fingerprint density at radius 3 is 1.09 bits per heavy atom. The minimum Gasteiger partial charge on any atom is -0.481 e. The van der Waals surface area contributed by atoms with Gasteiger partial charge in [0.2, 0.25) is 17.8 Å². The van der Waals surface area contributed by atoms with Crippen molar-refractivity contribution in [3.05, 3.63) is 217 Å². The van der Waals surface area contributed by atoms with E-state index in [4.69, 9.17) is 38.4 Å². The smallest absolute Gasteiger partial charge is 0.393 e. The van der Waals surface area contributed by atoms with Gasteiger partial charge in [-0.2, -0.15) is 23.1 Å². The molecule has 5 N–H and O–H groups in total. The molecule has 1 unspecified atom stereocenters. The summed E-state index contributed by atoms with van der Waals surface area (Å²) in [6.45, 7) is 21.0. The van der Waals surface area contributed by atoms with Gasteiger partial charge in [0.1, 0.15) is 29.8 Å². The first-order valence-electron chi connectivity index (χ1n) is 43.6. The highest BCUT2D eigenvalue weighted by molar-refractivity contribution is 5.80. The number of ether oxygens (including phenoxy) is 6. The number of carboxylic acids is 3. The maximum atomic E-state index is 14.4. The van der Waals surface area contributed by atoms with Crippen LogP contribution < -0.4 is 42.4 Å². The van der Waals surface area contributed by atoms with Crippen molar-refractivity contribution >= 4 is 80.9 Å². The fourth-order valence-electron chi connectivity index (χ4n) is 15.3. The number of aromatic nitrogens is 15. The summed E-state index contributed by atoms with van der Waals surface area (Å²) >= 11 is 0. The number of anilines is 5. The number of aliphatic carboxylic acids is 3. The third-order valence-corrected chi connectivity index (χ3v) is 22.3. The molecular formula is C92H115F3N20O15. The van der Waals surface area contributed by atoms with Crippen molar-refractivity contribution < 1.29 is 71.3 Å². The Bertz CT molecular complexity index is 5910. The minimum atomic E-state index is -4.58. The molecule has 9 heterocycles. The van der Waals surface area contributed by atoms with Crippen LogP contribution in [0, 0.1) is 5.92 Å². The minimum absolute atomic E-state index is 0. The summed E-state index contributed by atoms with van der Waals surface area (Å²) in [5.74, 6) is -2.33. The van der Waals surface area contributed by atoms with E-state index in [1.54, 1.807) is 154 Å². The number of nitrogens with zero attached hydrogens (tertiary/aromatic N) is 18. The largest absolute Gasteiger partial charge is 0.481 e. The monoisotopic (exact) mass is 1800 g/mol. The first-order chi connectivity index (χ1) is 62.5. The Hall–Kier alpha value is -12.9. The van der Waals surface area contributed by atoms with Crippen molar-refractivity contribution in [2.75, 3.05) is 137 Å². The second-order valence-electron chi connectivity index (χ2n) is 30.5. The van der Waals surface area contributed by atoms with Crippen molar-refractivity contribution in [1.82, 2.24) is 72.3 Å². The van der Waals surface area contributed by atoms with Crippen LogP contribution >= 0.6 is 0 Å². The van der Waals surface area contributed by atoms with Gasteiger partial charge in [-0.05, 0) is 150 Å². The van der Waals surface area contributed by atoms with Crippen LogP contribution in [0.2, 0.25) is 0 Å². The predicted octanol–water partition coefficient (Wildman–Crippen LogP) is 10.5. The molecule has 12 rings (SSSR count). The van der Waals surface area contributed by atoms with Gasteiger partial charge in [0, 0.05) is 112 Å². The predicted molar refractivity (Wildman–Crippen MR) is 488 cm³/mol. The molecular weight excluding hydrogens is 1680 g/mol. The number of alkyl halides is 3. The molecule has 3 aromatic carbocycles. The van der Waals surface area contributed by atoms with Crippen LogP contribution in [0.1, 0.15) is 102 Å². The molecule has 0 aliphatic rings. The van der Waals surface area contributed by atoms with Crippen LogP contribution in [0.3, 0.4) is 0 Å². The van der Waals surface area contributed by atoms with E-state index in [0.29, 0.717) is 143 Å².